The van der Waals surface area contributed by atoms with Crippen LogP contribution in [0, 0.1) is 0 Å². The molecule has 0 amide bonds. The Kier molecular flexibility index (Phi) is 5.18. The van der Waals surface area contributed by atoms with Crippen LogP contribution in [-0.2, 0) is 11.3 Å². The van der Waals surface area contributed by atoms with Gasteiger partial charge in [0.15, 0.2) is 5.82 Å². The number of aromatic nitrogens is 2. The van der Waals surface area contributed by atoms with E-state index in [1.165, 1.54) is 37.4 Å². The van der Waals surface area contributed by atoms with Crippen molar-refractivity contribution in [2.24, 2.45) is 0 Å². The zero-order chi connectivity index (χ0) is 15.5. The number of hydrogen-bond acceptors (Lipinski definition) is 7. The molecule has 0 bridgehead atoms. The van der Waals surface area contributed by atoms with E-state index in [-0.39, 0.29) is 6.10 Å². The Morgan fingerprint density at radius 1 is 1.09 bits per heavy atom. The summed E-state index contributed by atoms with van der Waals surface area (Å²) < 4.78 is 11.0. The number of rotatable bonds is 4. The smallest absolute Gasteiger partial charge is 0.255 e. The van der Waals surface area contributed by atoms with E-state index in [0.29, 0.717) is 5.89 Å². The van der Waals surface area contributed by atoms with Crippen molar-refractivity contribution in [1.82, 2.24) is 19.9 Å². The average Bonchev–Trinajstić information content (AvgIpc) is 3.28. The molecule has 0 unspecified atom stereocenters. The maximum atomic E-state index is 5.61. The first-order valence-corrected chi connectivity index (χ1v) is 10.0. The fourth-order valence-electron chi connectivity index (χ4n) is 3.77. The molecule has 0 aliphatic carbocycles. The lowest BCUT2D eigenvalue weighted by Crippen LogP contribution is -2.50. The third-order valence-corrected chi connectivity index (χ3v) is 6.22. The topological polar surface area (TPSA) is 54.6 Å². The van der Waals surface area contributed by atoms with E-state index in [0.717, 1.165) is 50.9 Å². The SMILES string of the molecule is C1CO[C@H](c2nc(CN3CCN(C4CCSCC4)CC3)no2)C1. The number of nitrogens with zero attached hydrogens (tertiary/aromatic N) is 4. The molecule has 3 saturated heterocycles. The van der Waals surface area contributed by atoms with Crippen LogP contribution in [-0.4, -0.2) is 70.3 Å². The lowest BCUT2D eigenvalue weighted by molar-refractivity contribution is 0.0832. The summed E-state index contributed by atoms with van der Waals surface area (Å²) in [6.45, 7) is 6.16. The largest absolute Gasteiger partial charge is 0.368 e. The second-order valence-corrected chi connectivity index (χ2v) is 7.93. The van der Waals surface area contributed by atoms with E-state index in [1.54, 1.807) is 0 Å². The first-order valence-electron chi connectivity index (χ1n) is 8.87. The molecule has 0 aromatic carbocycles. The van der Waals surface area contributed by atoms with Crippen LogP contribution in [0.3, 0.4) is 0 Å². The minimum Gasteiger partial charge on any atom is -0.368 e. The molecular formula is C16H26N4O2S. The molecule has 128 valence electrons. The molecule has 3 fully saturated rings. The third kappa shape index (κ3) is 3.90. The Hall–Kier alpha value is -0.630. The molecule has 4 heterocycles. The van der Waals surface area contributed by atoms with Gasteiger partial charge in [0.05, 0.1) is 6.54 Å². The summed E-state index contributed by atoms with van der Waals surface area (Å²) in [5, 5.41) is 4.14. The highest BCUT2D eigenvalue weighted by molar-refractivity contribution is 7.99. The standard InChI is InChI=1S/C16H26N4O2S/c1-2-14(21-9-1)16-17-15(18-22-16)12-19-5-7-20(8-6-19)13-3-10-23-11-4-13/h13-14H,1-12H2/t14-/m0/s1. The molecule has 6 nitrogen and oxygen atoms in total. The highest BCUT2D eigenvalue weighted by Crippen LogP contribution is 2.27. The van der Waals surface area contributed by atoms with E-state index in [1.807, 2.05) is 0 Å². The van der Waals surface area contributed by atoms with Gasteiger partial charge in [0, 0.05) is 38.8 Å². The molecule has 0 radical (unpaired) electrons. The lowest BCUT2D eigenvalue weighted by atomic mass is 10.1. The molecule has 1 aromatic rings. The molecule has 0 spiro atoms. The molecule has 0 N–H and O–H groups in total. The fourth-order valence-corrected chi connectivity index (χ4v) is 4.85. The van der Waals surface area contributed by atoms with Crippen molar-refractivity contribution in [3.8, 4) is 0 Å². The molecule has 23 heavy (non-hydrogen) atoms. The first-order chi connectivity index (χ1) is 11.4. The lowest BCUT2D eigenvalue weighted by Gasteiger charge is -2.40. The zero-order valence-corrected chi connectivity index (χ0v) is 14.5. The zero-order valence-electron chi connectivity index (χ0n) is 13.7. The summed E-state index contributed by atoms with van der Waals surface area (Å²) in [7, 11) is 0. The Balaban J connectivity index is 1.26. The molecular weight excluding hydrogens is 312 g/mol. The molecule has 1 aromatic heterocycles. The molecule has 0 saturated carbocycles. The fraction of sp³-hybridized carbons (Fsp3) is 0.875. The normalized spacial score (nSPS) is 28.4. The van der Waals surface area contributed by atoms with Crippen molar-refractivity contribution in [2.75, 3.05) is 44.3 Å². The van der Waals surface area contributed by atoms with Gasteiger partial charge in [-0.2, -0.15) is 16.7 Å². The van der Waals surface area contributed by atoms with Crippen molar-refractivity contribution in [3.05, 3.63) is 11.7 Å². The van der Waals surface area contributed by atoms with E-state index in [4.69, 9.17) is 9.26 Å². The van der Waals surface area contributed by atoms with E-state index in [9.17, 15) is 0 Å². The van der Waals surface area contributed by atoms with Crippen LogP contribution in [0.15, 0.2) is 4.52 Å². The molecule has 7 heteroatoms. The number of hydrogen-bond donors (Lipinski definition) is 0. The minimum atomic E-state index is 0.0252. The van der Waals surface area contributed by atoms with Gasteiger partial charge in [-0.15, -0.1) is 0 Å². The highest BCUT2D eigenvalue weighted by Gasteiger charge is 2.27. The van der Waals surface area contributed by atoms with Crippen LogP contribution in [0.1, 0.15) is 43.5 Å². The van der Waals surface area contributed by atoms with Gasteiger partial charge < -0.3 is 9.26 Å². The van der Waals surface area contributed by atoms with Gasteiger partial charge in [0.25, 0.3) is 5.89 Å². The van der Waals surface area contributed by atoms with Gasteiger partial charge in [-0.05, 0) is 37.2 Å². The van der Waals surface area contributed by atoms with Gasteiger partial charge in [0.2, 0.25) is 0 Å². The van der Waals surface area contributed by atoms with Crippen molar-refractivity contribution in [2.45, 2.75) is 44.4 Å². The van der Waals surface area contributed by atoms with Crippen LogP contribution in [0.5, 0.6) is 0 Å². The molecule has 4 rings (SSSR count). The Morgan fingerprint density at radius 3 is 2.65 bits per heavy atom. The van der Waals surface area contributed by atoms with Gasteiger partial charge >= 0.3 is 0 Å². The van der Waals surface area contributed by atoms with Crippen LogP contribution in [0.25, 0.3) is 0 Å². The first kappa shape index (κ1) is 15.9. The molecule has 1 atom stereocenters. The van der Waals surface area contributed by atoms with Crippen molar-refractivity contribution < 1.29 is 9.26 Å². The van der Waals surface area contributed by atoms with Crippen LogP contribution >= 0.6 is 11.8 Å². The summed E-state index contributed by atoms with van der Waals surface area (Å²) in [6.07, 6.45) is 4.84. The van der Waals surface area contributed by atoms with Gasteiger partial charge in [-0.1, -0.05) is 5.16 Å². The predicted octanol–water partition coefficient (Wildman–Crippen LogP) is 1.93. The molecule has 3 aliphatic rings. The summed E-state index contributed by atoms with van der Waals surface area (Å²) in [5.74, 6) is 4.13. The van der Waals surface area contributed by atoms with Gasteiger partial charge in [-0.3, -0.25) is 9.80 Å². The summed E-state index contributed by atoms with van der Waals surface area (Å²) >= 11 is 2.10. The highest BCUT2D eigenvalue weighted by atomic mass is 32.2. The van der Waals surface area contributed by atoms with Crippen LogP contribution < -0.4 is 0 Å². The Labute approximate surface area is 141 Å². The predicted molar refractivity (Wildman–Crippen MR) is 89.4 cm³/mol. The summed E-state index contributed by atoms with van der Waals surface area (Å²) in [4.78, 5) is 9.66. The van der Waals surface area contributed by atoms with Crippen LogP contribution in [0.2, 0.25) is 0 Å². The Bertz CT molecular complexity index is 492. The number of thioether (sulfide) groups is 1. The quantitative estimate of drug-likeness (QED) is 0.831. The number of ether oxygens (including phenoxy) is 1. The van der Waals surface area contributed by atoms with E-state index in [2.05, 4.69) is 31.7 Å². The van der Waals surface area contributed by atoms with Crippen molar-refractivity contribution >= 4 is 11.8 Å². The van der Waals surface area contributed by atoms with E-state index >= 15 is 0 Å². The van der Waals surface area contributed by atoms with Crippen LogP contribution in [0.4, 0.5) is 0 Å². The average molecular weight is 338 g/mol. The second-order valence-electron chi connectivity index (χ2n) is 6.71. The van der Waals surface area contributed by atoms with Gasteiger partial charge in [-0.25, -0.2) is 0 Å². The maximum Gasteiger partial charge on any atom is 0.255 e. The Morgan fingerprint density at radius 2 is 1.91 bits per heavy atom. The second kappa shape index (κ2) is 7.51. The summed E-state index contributed by atoms with van der Waals surface area (Å²) in [6, 6.07) is 0.815. The number of piperazine rings is 1. The molecule has 3 aliphatic heterocycles. The van der Waals surface area contributed by atoms with Crippen molar-refractivity contribution in [1.29, 1.82) is 0 Å². The maximum absolute atomic E-state index is 5.61. The van der Waals surface area contributed by atoms with E-state index < -0.39 is 0 Å². The summed E-state index contributed by atoms with van der Waals surface area (Å²) in [5.41, 5.74) is 0. The van der Waals surface area contributed by atoms with Crippen molar-refractivity contribution in [3.63, 3.8) is 0 Å². The minimum absolute atomic E-state index is 0.0252. The van der Waals surface area contributed by atoms with Gasteiger partial charge in [0.1, 0.15) is 6.10 Å². The monoisotopic (exact) mass is 338 g/mol. The third-order valence-electron chi connectivity index (χ3n) is 5.17.